The Labute approximate surface area is 289 Å². The third-order valence-corrected chi connectivity index (χ3v) is 11.2. The lowest BCUT2D eigenvalue weighted by Crippen LogP contribution is -2.33. The summed E-state index contributed by atoms with van der Waals surface area (Å²) in [6, 6.07) is 56.4. The summed E-state index contributed by atoms with van der Waals surface area (Å²) < 4.78 is 0. The van der Waals surface area contributed by atoms with Gasteiger partial charge in [-0.05, 0) is 131 Å². The molecule has 1 aliphatic carbocycles. The number of hydrogen-bond donors (Lipinski definition) is 0. The van der Waals surface area contributed by atoms with Gasteiger partial charge in [0.25, 0.3) is 0 Å². The first-order valence-electron chi connectivity index (χ1n) is 17.6. The van der Waals surface area contributed by atoms with Crippen LogP contribution in [0.15, 0.2) is 152 Å². The average molecular weight is 632 g/mol. The second-order valence-corrected chi connectivity index (χ2v) is 15.3. The van der Waals surface area contributed by atoms with Crippen molar-refractivity contribution in [2.24, 2.45) is 0 Å². The van der Waals surface area contributed by atoms with Crippen molar-refractivity contribution in [1.82, 2.24) is 0 Å². The second-order valence-electron chi connectivity index (χ2n) is 15.3. The lowest BCUT2D eigenvalue weighted by Gasteiger charge is -2.42. The molecule has 238 valence electrons. The lowest BCUT2D eigenvalue weighted by molar-refractivity contribution is 0.332. The zero-order valence-electron chi connectivity index (χ0n) is 28.8. The standard InChI is InChI=1S/C48H41N/c1-47(2)25-26-48(3,4)46-30-35-27-33(21-22-34(35)29-45(46)47)32-13-12-16-37(28-32)49(36-14-6-5-7-15-36)38-23-24-43-41-19-9-8-17-39(41)40-18-10-11-20-42(40)44(43)31-38/h5-24,27-31H,25-26H2,1-4H3. The van der Waals surface area contributed by atoms with E-state index in [9.17, 15) is 0 Å². The van der Waals surface area contributed by atoms with Gasteiger partial charge in [0, 0.05) is 17.1 Å². The van der Waals surface area contributed by atoms with Crippen molar-refractivity contribution < 1.29 is 0 Å². The first-order chi connectivity index (χ1) is 23.8. The van der Waals surface area contributed by atoms with E-state index in [1.807, 2.05) is 0 Å². The summed E-state index contributed by atoms with van der Waals surface area (Å²) >= 11 is 0. The molecule has 0 saturated carbocycles. The molecule has 0 amide bonds. The molecule has 0 N–H and O–H groups in total. The number of para-hydroxylation sites is 1. The lowest BCUT2D eigenvalue weighted by atomic mass is 9.63. The highest BCUT2D eigenvalue weighted by molar-refractivity contribution is 6.25. The van der Waals surface area contributed by atoms with E-state index in [4.69, 9.17) is 0 Å². The van der Waals surface area contributed by atoms with Crippen LogP contribution in [0, 0.1) is 0 Å². The Morgan fingerprint density at radius 3 is 1.53 bits per heavy atom. The Bertz CT molecular complexity index is 2520. The van der Waals surface area contributed by atoms with E-state index in [0.717, 1.165) is 17.1 Å². The normalized spacial score (nSPS) is 15.1. The van der Waals surface area contributed by atoms with Gasteiger partial charge in [0.15, 0.2) is 0 Å². The van der Waals surface area contributed by atoms with Crippen molar-refractivity contribution in [3.63, 3.8) is 0 Å². The van der Waals surface area contributed by atoms with Gasteiger partial charge in [-0.25, -0.2) is 0 Å². The number of benzene rings is 8. The van der Waals surface area contributed by atoms with Crippen molar-refractivity contribution in [1.29, 1.82) is 0 Å². The molecule has 8 aromatic rings. The molecule has 0 bridgehead atoms. The van der Waals surface area contributed by atoms with Crippen LogP contribution in [-0.4, -0.2) is 0 Å². The summed E-state index contributed by atoms with van der Waals surface area (Å²) in [5.74, 6) is 0. The Morgan fingerprint density at radius 1 is 0.367 bits per heavy atom. The van der Waals surface area contributed by atoms with Gasteiger partial charge < -0.3 is 4.90 Å². The number of nitrogens with zero attached hydrogens (tertiary/aromatic N) is 1. The summed E-state index contributed by atoms with van der Waals surface area (Å²) in [7, 11) is 0. The molecule has 0 atom stereocenters. The molecule has 1 heteroatoms. The predicted molar refractivity (Wildman–Crippen MR) is 212 cm³/mol. The molecule has 0 saturated heterocycles. The predicted octanol–water partition coefficient (Wildman–Crippen LogP) is 13.8. The molecule has 0 aliphatic heterocycles. The largest absolute Gasteiger partial charge is 0.310 e. The van der Waals surface area contributed by atoms with Gasteiger partial charge in [0.1, 0.15) is 0 Å². The monoisotopic (exact) mass is 631 g/mol. The van der Waals surface area contributed by atoms with Gasteiger partial charge in [0.2, 0.25) is 0 Å². The Morgan fingerprint density at radius 2 is 0.878 bits per heavy atom. The van der Waals surface area contributed by atoms with Gasteiger partial charge in [-0.3, -0.25) is 0 Å². The van der Waals surface area contributed by atoms with Crippen LogP contribution in [0.5, 0.6) is 0 Å². The minimum atomic E-state index is 0.183. The van der Waals surface area contributed by atoms with E-state index in [1.165, 1.54) is 78.2 Å². The van der Waals surface area contributed by atoms with Crippen molar-refractivity contribution >= 4 is 60.2 Å². The van der Waals surface area contributed by atoms with E-state index in [1.54, 1.807) is 0 Å². The summed E-state index contributed by atoms with van der Waals surface area (Å²) in [5, 5.41) is 10.4. The first kappa shape index (κ1) is 29.7. The fourth-order valence-corrected chi connectivity index (χ4v) is 8.38. The van der Waals surface area contributed by atoms with Crippen LogP contribution in [0.25, 0.3) is 54.2 Å². The van der Waals surface area contributed by atoms with Gasteiger partial charge in [-0.2, -0.15) is 0 Å². The van der Waals surface area contributed by atoms with Crippen LogP contribution >= 0.6 is 0 Å². The second kappa shape index (κ2) is 11.1. The molecule has 0 heterocycles. The van der Waals surface area contributed by atoms with E-state index in [2.05, 4.69) is 184 Å². The van der Waals surface area contributed by atoms with Crippen LogP contribution in [0.3, 0.4) is 0 Å². The molecule has 0 radical (unpaired) electrons. The van der Waals surface area contributed by atoms with E-state index in [-0.39, 0.29) is 10.8 Å². The minimum Gasteiger partial charge on any atom is -0.310 e. The molecule has 0 spiro atoms. The summed E-state index contributed by atoms with van der Waals surface area (Å²) in [5.41, 5.74) is 9.29. The van der Waals surface area contributed by atoms with Gasteiger partial charge in [-0.15, -0.1) is 0 Å². The fourth-order valence-electron chi connectivity index (χ4n) is 8.38. The van der Waals surface area contributed by atoms with E-state index >= 15 is 0 Å². The van der Waals surface area contributed by atoms with Crippen molar-refractivity contribution in [2.45, 2.75) is 51.4 Å². The highest BCUT2D eigenvalue weighted by Crippen LogP contribution is 2.47. The molecule has 0 fully saturated rings. The SMILES string of the molecule is CC1(C)CCC(C)(C)c2cc3cc(-c4cccc(N(c5ccccc5)c5ccc6c7ccccc7c7ccccc7c6c5)c4)ccc3cc21. The quantitative estimate of drug-likeness (QED) is 0.175. The van der Waals surface area contributed by atoms with Crippen LogP contribution in [0.4, 0.5) is 17.1 Å². The molecule has 1 aliphatic rings. The molecule has 1 nitrogen and oxygen atoms in total. The first-order valence-corrected chi connectivity index (χ1v) is 17.6. The summed E-state index contributed by atoms with van der Waals surface area (Å²) in [6.07, 6.45) is 2.45. The maximum absolute atomic E-state index is 2.48. The summed E-state index contributed by atoms with van der Waals surface area (Å²) in [4.78, 5) is 2.40. The van der Waals surface area contributed by atoms with Crippen molar-refractivity contribution in [3.05, 3.63) is 163 Å². The number of fused-ring (bicyclic) bond motifs is 8. The van der Waals surface area contributed by atoms with Crippen LogP contribution in [-0.2, 0) is 10.8 Å². The van der Waals surface area contributed by atoms with E-state index < -0.39 is 0 Å². The topological polar surface area (TPSA) is 3.24 Å². The van der Waals surface area contributed by atoms with Crippen LogP contribution < -0.4 is 4.90 Å². The van der Waals surface area contributed by atoms with Gasteiger partial charge >= 0.3 is 0 Å². The third-order valence-electron chi connectivity index (χ3n) is 11.2. The minimum absolute atomic E-state index is 0.183. The number of anilines is 3. The van der Waals surface area contributed by atoms with Crippen LogP contribution in [0.2, 0.25) is 0 Å². The molecule has 0 unspecified atom stereocenters. The molecule has 0 aromatic heterocycles. The average Bonchev–Trinajstić information content (AvgIpc) is 3.14. The molecular formula is C48H41N. The fraction of sp³-hybridized carbons (Fsp3) is 0.167. The van der Waals surface area contributed by atoms with Crippen LogP contribution in [0.1, 0.15) is 51.7 Å². The molecular weight excluding hydrogens is 591 g/mol. The number of hydrogen-bond acceptors (Lipinski definition) is 1. The Kier molecular flexibility index (Phi) is 6.71. The van der Waals surface area contributed by atoms with E-state index in [0.29, 0.717) is 0 Å². The number of rotatable bonds is 4. The zero-order valence-corrected chi connectivity index (χ0v) is 28.8. The van der Waals surface area contributed by atoms with Gasteiger partial charge in [-0.1, -0.05) is 137 Å². The zero-order chi connectivity index (χ0) is 33.3. The molecule has 9 rings (SSSR count). The molecule has 49 heavy (non-hydrogen) atoms. The van der Waals surface area contributed by atoms with Gasteiger partial charge in [0.05, 0.1) is 0 Å². The summed E-state index contributed by atoms with van der Waals surface area (Å²) in [6.45, 7) is 9.64. The Hall–Kier alpha value is -5.40. The third kappa shape index (κ3) is 4.91. The van der Waals surface area contributed by atoms with Crippen molar-refractivity contribution in [2.75, 3.05) is 4.90 Å². The highest BCUT2D eigenvalue weighted by Gasteiger charge is 2.37. The smallest absolute Gasteiger partial charge is 0.0468 e. The molecule has 8 aromatic carbocycles. The maximum atomic E-state index is 2.48. The highest BCUT2D eigenvalue weighted by atomic mass is 15.1. The van der Waals surface area contributed by atoms with Crippen molar-refractivity contribution in [3.8, 4) is 11.1 Å². The maximum Gasteiger partial charge on any atom is 0.0468 e. The Balaban J connectivity index is 1.20.